The van der Waals surface area contributed by atoms with Gasteiger partial charge in [0.1, 0.15) is 24.4 Å². The van der Waals surface area contributed by atoms with E-state index in [0.29, 0.717) is 44.1 Å². The van der Waals surface area contributed by atoms with E-state index < -0.39 is 46.9 Å². The highest BCUT2D eigenvalue weighted by molar-refractivity contribution is 5.98. The maximum absolute atomic E-state index is 13.3. The Balaban J connectivity index is 1.93. The largest absolute Gasteiger partial charge is 0.514 e. The molecule has 0 spiro atoms. The SMILES string of the molecule is COCCOCCOCCC(=O)N[C@@H](C(=O)N[C@H](CCCNC(N)=O)C(=O)Nc1ccc(COC(=O)Oc2ccc([N+](=O)[O-])cc2)cc1)C(C)C. The average molecular weight is 719 g/mol. The van der Waals surface area contributed by atoms with Crippen LogP contribution in [-0.4, -0.2) is 93.6 Å². The fourth-order valence-electron chi connectivity index (χ4n) is 4.28. The van der Waals surface area contributed by atoms with Crippen molar-refractivity contribution in [3.8, 4) is 5.75 Å². The van der Waals surface area contributed by atoms with E-state index in [0.717, 1.165) is 0 Å². The summed E-state index contributed by atoms with van der Waals surface area (Å²) in [6, 6.07) is 8.53. The third-order valence-corrected chi connectivity index (χ3v) is 6.97. The number of hydrogen-bond donors (Lipinski definition) is 5. The third kappa shape index (κ3) is 17.2. The molecule has 0 saturated heterocycles. The molecular formula is C33H46N6O12. The van der Waals surface area contributed by atoms with Crippen molar-refractivity contribution < 1.29 is 52.6 Å². The number of nitrogens with one attached hydrogen (secondary N) is 4. The number of nitrogens with two attached hydrogens (primary N) is 1. The Morgan fingerprint density at radius 1 is 0.863 bits per heavy atom. The number of primary amides is 1. The molecule has 0 fully saturated rings. The summed E-state index contributed by atoms with van der Waals surface area (Å²) in [5, 5.41) is 21.4. The number of carbonyl (C=O) groups excluding carboxylic acids is 5. The molecule has 51 heavy (non-hydrogen) atoms. The standard InChI is InChI=1S/C33H46N6O12/c1-22(2)29(38-28(40)14-16-48-19-20-49-18-17-47-3)31(42)37-27(5-4-15-35-32(34)43)30(41)36-24-8-6-23(7-9-24)21-50-33(44)51-26-12-10-25(11-13-26)39(45)46/h6-13,22,27,29H,4-5,14-21H2,1-3H3,(H,36,41)(H,37,42)(H,38,40)(H3,34,35,43)/t27-,29-/m1/s1. The van der Waals surface area contributed by atoms with Gasteiger partial charge in [0.05, 0.1) is 38.0 Å². The lowest BCUT2D eigenvalue weighted by Gasteiger charge is -2.25. The summed E-state index contributed by atoms with van der Waals surface area (Å²) in [6.07, 6.45) is -0.563. The second kappa shape index (κ2) is 23.1. The van der Waals surface area contributed by atoms with Gasteiger partial charge in [-0.15, -0.1) is 0 Å². The second-order valence-electron chi connectivity index (χ2n) is 11.3. The molecule has 18 nitrogen and oxygen atoms in total. The zero-order valence-electron chi connectivity index (χ0n) is 28.8. The minimum Gasteiger partial charge on any atom is -0.429 e. The number of nitrogens with zero attached hydrogens (tertiary/aromatic N) is 1. The van der Waals surface area contributed by atoms with Crippen LogP contribution in [0.25, 0.3) is 0 Å². The molecule has 0 unspecified atom stereocenters. The number of anilines is 1. The molecule has 5 amide bonds. The summed E-state index contributed by atoms with van der Waals surface area (Å²) < 4.78 is 25.7. The van der Waals surface area contributed by atoms with E-state index in [1.165, 1.54) is 24.3 Å². The monoisotopic (exact) mass is 718 g/mol. The first-order valence-corrected chi connectivity index (χ1v) is 16.2. The van der Waals surface area contributed by atoms with E-state index in [1.807, 2.05) is 0 Å². The van der Waals surface area contributed by atoms with Crippen molar-refractivity contribution in [3.05, 3.63) is 64.2 Å². The van der Waals surface area contributed by atoms with Gasteiger partial charge in [0, 0.05) is 37.9 Å². The van der Waals surface area contributed by atoms with Crippen LogP contribution >= 0.6 is 0 Å². The predicted molar refractivity (Wildman–Crippen MR) is 183 cm³/mol. The van der Waals surface area contributed by atoms with Crippen LogP contribution in [0, 0.1) is 16.0 Å². The van der Waals surface area contributed by atoms with Crippen LogP contribution in [0.1, 0.15) is 38.7 Å². The molecule has 0 saturated carbocycles. The van der Waals surface area contributed by atoms with Crippen LogP contribution in [0.2, 0.25) is 0 Å². The first-order valence-electron chi connectivity index (χ1n) is 16.2. The van der Waals surface area contributed by atoms with Crippen LogP contribution in [0.5, 0.6) is 5.75 Å². The molecule has 2 rings (SSSR count). The normalized spacial score (nSPS) is 11.9. The lowest BCUT2D eigenvalue weighted by molar-refractivity contribution is -0.384. The van der Waals surface area contributed by atoms with Crippen LogP contribution < -0.4 is 31.7 Å². The zero-order valence-corrected chi connectivity index (χ0v) is 28.8. The number of methoxy groups -OCH3 is 1. The first kappa shape index (κ1) is 41.8. The molecule has 2 atom stereocenters. The van der Waals surface area contributed by atoms with Gasteiger partial charge in [-0.1, -0.05) is 26.0 Å². The number of amides is 5. The summed E-state index contributed by atoms with van der Waals surface area (Å²) in [5.41, 5.74) is 5.92. The maximum Gasteiger partial charge on any atom is 0.514 e. The molecule has 0 aliphatic heterocycles. The Bertz CT molecular complexity index is 1420. The fraction of sp³-hybridized carbons (Fsp3) is 0.485. The van der Waals surface area contributed by atoms with E-state index in [2.05, 4.69) is 21.3 Å². The van der Waals surface area contributed by atoms with Crippen LogP contribution in [0.4, 0.5) is 21.0 Å². The van der Waals surface area contributed by atoms with Crippen molar-refractivity contribution >= 4 is 41.3 Å². The van der Waals surface area contributed by atoms with Crippen molar-refractivity contribution in [2.45, 2.75) is 51.8 Å². The molecule has 0 bridgehead atoms. The molecule has 0 aromatic heterocycles. The number of benzene rings is 2. The van der Waals surface area contributed by atoms with Gasteiger partial charge in [0.2, 0.25) is 17.7 Å². The Morgan fingerprint density at radius 3 is 2.12 bits per heavy atom. The van der Waals surface area contributed by atoms with Gasteiger partial charge in [0.15, 0.2) is 0 Å². The smallest absolute Gasteiger partial charge is 0.429 e. The highest BCUT2D eigenvalue weighted by Crippen LogP contribution is 2.18. The van der Waals surface area contributed by atoms with Crippen molar-refractivity contribution in [1.29, 1.82) is 0 Å². The van der Waals surface area contributed by atoms with Gasteiger partial charge in [-0.25, -0.2) is 9.59 Å². The van der Waals surface area contributed by atoms with Crippen molar-refractivity contribution in [2.75, 3.05) is 52.0 Å². The van der Waals surface area contributed by atoms with E-state index in [1.54, 1.807) is 45.2 Å². The topological polar surface area (TPSA) is 249 Å². The highest BCUT2D eigenvalue weighted by Gasteiger charge is 2.29. The van der Waals surface area contributed by atoms with Crippen LogP contribution in [0.3, 0.4) is 0 Å². The van der Waals surface area contributed by atoms with Crippen molar-refractivity contribution in [3.63, 3.8) is 0 Å². The number of ether oxygens (including phenoxy) is 5. The molecule has 2 aromatic rings. The van der Waals surface area contributed by atoms with Gasteiger partial charge in [0.25, 0.3) is 5.69 Å². The molecule has 6 N–H and O–H groups in total. The number of rotatable bonds is 23. The number of hydrogen-bond acceptors (Lipinski definition) is 12. The minimum absolute atomic E-state index is 0.0132. The van der Waals surface area contributed by atoms with E-state index in [-0.39, 0.29) is 50.0 Å². The summed E-state index contributed by atoms with van der Waals surface area (Å²) in [6.45, 7) is 5.18. The van der Waals surface area contributed by atoms with Gasteiger partial charge >= 0.3 is 12.2 Å². The number of nitro benzene ring substituents is 1. The lowest BCUT2D eigenvalue weighted by Crippen LogP contribution is -2.54. The predicted octanol–water partition coefficient (Wildman–Crippen LogP) is 2.39. The van der Waals surface area contributed by atoms with E-state index in [9.17, 15) is 34.1 Å². The maximum atomic E-state index is 13.3. The Hall–Kier alpha value is -5.33. The fourth-order valence-corrected chi connectivity index (χ4v) is 4.28. The Kier molecular flexibility index (Phi) is 19.0. The van der Waals surface area contributed by atoms with Crippen LogP contribution in [-0.2, 0) is 39.9 Å². The minimum atomic E-state index is -1.04. The molecule has 280 valence electrons. The van der Waals surface area contributed by atoms with Gasteiger partial charge in [-0.3, -0.25) is 24.5 Å². The second-order valence-corrected chi connectivity index (χ2v) is 11.3. The number of carbonyl (C=O) groups is 5. The Morgan fingerprint density at radius 2 is 1.51 bits per heavy atom. The molecule has 0 radical (unpaired) electrons. The van der Waals surface area contributed by atoms with Crippen molar-refractivity contribution in [2.24, 2.45) is 11.7 Å². The summed E-state index contributed by atoms with van der Waals surface area (Å²) >= 11 is 0. The molecule has 2 aromatic carbocycles. The summed E-state index contributed by atoms with van der Waals surface area (Å²) in [5.74, 6) is -1.76. The zero-order chi connectivity index (χ0) is 37.6. The van der Waals surface area contributed by atoms with Crippen LogP contribution in [0.15, 0.2) is 48.5 Å². The first-order chi connectivity index (χ1) is 24.4. The lowest BCUT2D eigenvalue weighted by atomic mass is 10.0. The molecular weight excluding hydrogens is 672 g/mol. The highest BCUT2D eigenvalue weighted by atomic mass is 16.7. The average Bonchev–Trinajstić information content (AvgIpc) is 3.09. The van der Waals surface area contributed by atoms with Gasteiger partial charge < -0.3 is 50.7 Å². The molecule has 0 aliphatic carbocycles. The van der Waals surface area contributed by atoms with Gasteiger partial charge in [-0.05, 0) is 48.6 Å². The summed E-state index contributed by atoms with van der Waals surface area (Å²) in [4.78, 5) is 72.6. The van der Waals surface area contributed by atoms with E-state index >= 15 is 0 Å². The molecule has 0 aliphatic rings. The van der Waals surface area contributed by atoms with Crippen molar-refractivity contribution in [1.82, 2.24) is 16.0 Å². The molecule has 18 heteroatoms. The quantitative estimate of drug-likeness (QED) is 0.0365. The van der Waals surface area contributed by atoms with E-state index in [4.69, 9.17) is 29.4 Å². The summed E-state index contributed by atoms with van der Waals surface area (Å²) in [7, 11) is 1.57. The Labute approximate surface area is 295 Å². The third-order valence-electron chi connectivity index (χ3n) is 6.97. The number of non-ortho nitro benzene ring substituents is 1. The number of nitro groups is 1. The number of urea groups is 1. The molecule has 0 heterocycles. The van der Waals surface area contributed by atoms with Gasteiger partial charge in [-0.2, -0.15) is 0 Å².